The summed E-state index contributed by atoms with van der Waals surface area (Å²) >= 11 is 2.30. The zero-order valence-corrected chi connectivity index (χ0v) is 12.0. The van der Waals surface area contributed by atoms with Crippen LogP contribution in [0.4, 0.5) is 5.69 Å². The summed E-state index contributed by atoms with van der Waals surface area (Å²) in [5, 5.41) is 12.4. The van der Waals surface area contributed by atoms with E-state index in [-0.39, 0.29) is 6.04 Å². The third-order valence-corrected chi connectivity index (χ3v) is 3.64. The van der Waals surface area contributed by atoms with Gasteiger partial charge in [0.15, 0.2) is 0 Å². The van der Waals surface area contributed by atoms with E-state index in [1.54, 1.807) is 0 Å². The lowest BCUT2D eigenvalue weighted by molar-refractivity contribution is 0.805. The number of benzene rings is 2. The summed E-state index contributed by atoms with van der Waals surface area (Å²) in [5.74, 6) is 0. The van der Waals surface area contributed by atoms with E-state index in [1.165, 1.54) is 0 Å². The van der Waals surface area contributed by atoms with Crippen LogP contribution < -0.4 is 5.32 Å². The lowest BCUT2D eigenvalue weighted by Gasteiger charge is -2.18. The summed E-state index contributed by atoms with van der Waals surface area (Å²) in [5.41, 5.74) is 2.21. The number of nitrogens with one attached hydrogen (secondary N) is 1. The fourth-order valence-electron chi connectivity index (χ4n) is 1.79. The molecule has 0 aromatic heterocycles. The Morgan fingerprint density at radius 3 is 2.39 bits per heavy atom. The van der Waals surface area contributed by atoms with Crippen molar-refractivity contribution < 1.29 is 0 Å². The predicted octanol–water partition coefficient (Wildman–Crippen LogP) is 4.36. The Hall–Kier alpha value is -1.54. The van der Waals surface area contributed by atoms with Gasteiger partial charge in [-0.05, 0) is 40.3 Å². The molecule has 2 aromatic rings. The van der Waals surface area contributed by atoms with Crippen LogP contribution >= 0.6 is 22.6 Å². The number of hydrogen-bond donors (Lipinski definition) is 1. The van der Waals surface area contributed by atoms with Gasteiger partial charge in [-0.3, -0.25) is 0 Å². The molecule has 90 valence electrons. The van der Waals surface area contributed by atoms with Gasteiger partial charge in [0.05, 0.1) is 18.5 Å². The Morgan fingerprint density at radius 2 is 1.72 bits per heavy atom. The fraction of sp³-hybridized carbons (Fsp3) is 0.133. The van der Waals surface area contributed by atoms with Crippen molar-refractivity contribution >= 4 is 28.3 Å². The summed E-state index contributed by atoms with van der Waals surface area (Å²) < 4.78 is 1.16. The van der Waals surface area contributed by atoms with Gasteiger partial charge in [-0.15, -0.1) is 0 Å². The zero-order valence-electron chi connectivity index (χ0n) is 9.81. The van der Waals surface area contributed by atoms with Crippen molar-refractivity contribution in [3.8, 4) is 6.07 Å². The SMILES string of the molecule is N#CCC(Nc1ccccc1I)c1ccccc1. The molecule has 2 rings (SSSR count). The fourth-order valence-corrected chi connectivity index (χ4v) is 2.34. The van der Waals surface area contributed by atoms with Crippen LogP contribution in [0.5, 0.6) is 0 Å². The van der Waals surface area contributed by atoms with Crippen LogP contribution in [0.1, 0.15) is 18.0 Å². The molecule has 0 heterocycles. The normalized spacial score (nSPS) is 11.6. The van der Waals surface area contributed by atoms with Crippen molar-refractivity contribution in [3.05, 3.63) is 63.7 Å². The first-order chi connectivity index (χ1) is 8.81. The minimum Gasteiger partial charge on any atom is -0.376 e. The number of nitrogens with zero attached hydrogens (tertiary/aromatic N) is 1. The maximum atomic E-state index is 8.95. The van der Waals surface area contributed by atoms with E-state index in [4.69, 9.17) is 5.26 Å². The van der Waals surface area contributed by atoms with Crippen LogP contribution in [0, 0.1) is 14.9 Å². The molecule has 0 amide bonds. The molecule has 1 unspecified atom stereocenters. The summed E-state index contributed by atoms with van der Waals surface area (Å²) in [7, 11) is 0. The zero-order chi connectivity index (χ0) is 12.8. The topological polar surface area (TPSA) is 35.8 Å². The van der Waals surface area contributed by atoms with E-state index in [2.05, 4.69) is 40.0 Å². The first kappa shape index (κ1) is 12.9. The molecule has 18 heavy (non-hydrogen) atoms. The van der Waals surface area contributed by atoms with E-state index >= 15 is 0 Å². The lowest BCUT2D eigenvalue weighted by Crippen LogP contribution is -2.10. The number of anilines is 1. The smallest absolute Gasteiger partial charge is 0.0647 e. The van der Waals surface area contributed by atoms with E-state index < -0.39 is 0 Å². The second-order valence-electron chi connectivity index (χ2n) is 3.95. The van der Waals surface area contributed by atoms with E-state index in [1.807, 2.05) is 48.5 Å². The number of rotatable bonds is 4. The first-order valence-electron chi connectivity index (χ1n) is 5.74. The Kier molecular flexibility index (Phi) is 4.59. The van der Waals surface area contributed by atoms with Gasteiger partial charge in [-0.2, -0.15) is 5.26 Å². The Labute approximate surface area is 121 Å². The van der Waals surface area contributed by atoms with Gasteiger partial charge < -0.3 is 5.32 Å². The molecular formula is C15H13IN2. The Bertz CT molecular complexity index is 546. The molecule has 0 saturated heterocycles. The third kappa shape index (κ3) is 3.23. The predicted molar refractivity (Wildman–Crippen MR) is 82.2 cm³/mol. The second kappa shape index (κ2) is 6.41. The van der Waals surface area contributed by atoms with Crippen LogP contribution in [0.3, 0.4) is 0 Å². The van der Waals surface area contributed by atoms with Crippen molar-refractivity contribution in [2.24, 2.45) is 0 Å². The van der Waals surface area contributed by atoms with Crippen molar-refractivity contribution in [1.82, 2.24) is 0 Å². The molecule has 0 fully saturated rings. The molecule has 2 nitrogen and oxygen atoms in total. The van der Waals surface area contributed by atoms with Gasteiger partial charge in [0.25, 0.3) is 0 Å². The first-order valence-corrected chi connectivity index (χ1v) is 6.82. The Balaban J connectivity index is 2.23. The monoisotopic (exact) mass is 348 g/mol. The summed E-state index contributed by atoms with van der Waals surface area (Å²) in [4.78, 5) is 0. The molecule has 1 atom stereocenters. The van der Waals surface area contributed by atoms with E-state index in [9.17, 15) is 0 Å². The number of hydrogen-bond acceptors (Lipinski definition) is 2. The van der Waals surface area contributed by atoms with Crippen molar-refractivity contribution in [2.75, 3.05) is 5.32 Å². The highest BCUT2D eigenvalue weighted by Gasteiger charge is 2.11. The molecule has 0 saturated carbocycles. The largest absolute Gasteiger partial charge is 0.376 e. The van der Waals surface area contributed by atoms with Gasteiger partial charge in [-0.1, -0.05) is 42.5 Å². The maximum absolute atomic E-state index is 8.95. The van der Waals surface area contributed by atoms with E-state index in [0.29, 0.717) is 6.42 Å². The van der Waals surface area contributed by atoms with Crippen LogP contribution in [0.2, 0.25) is 0 Å². The highest BCUT2D eigenvalue weighted by atomic mass is 127. The highest BCUT2D eigenvalue weighted by Crippen LogP contribution is 2.25. The van der Waals surface area contributed by atoms with Gasteiger partial charge in [0.2, 0.25) is 0 Å². The van der Waals surface area contributed by atoms with Crippen LogP contribution in [0.25, 0.3) is 0 Å². The molecule has 0 aliphatic heterocycles. The van der Waals surface area contributed by atoms with Crippen LogP contribution in [0.15, 0.2) is 54.6 Å². The van der Waals surface area contributed by atoms with Crippen molar-refractivity contribution in [1.29, 1.82) is 5.26 Å². The molecule has 0 aliphatic rings. The van der Waals surface area contributed by atoms with Crippen molar-refractivity contribution in [3.63, 3.8) is 0 Å². The summed E-state index contributed by atoms with van der Waals surface area (Å²) in [6.07, 6.45) is 0.453. The van der Waals surface area contributed by atoms with Gasteiger partial charge in [-0.25, -0.2) is 0 Å². The number of halogens is 1. The quantitative estimate of drug-likeness (QED) is 0.834. The second-order valence-corrected chi connectivity index (χ2v) is 5.11. The van der Waals surface area contributed by atoms with E-state index in [0.717, 1.165) is 14.8 Å². The molecular weight excluding hydrogens is 335 g/mol. The van der Waals surface area contributed by atoms with Crippen LogP contribution in [-0.4, -0.2) is 0 Å². The standard InChI is InChI=1S/C15H13IN2/c16-13-8-4-5-9-15(13)18-14(10-11-17)12-6-2-1-3-7-12/h1-9,14,18H,10H2. The van der Waals surface area contributed by atoms with Gasteiger partial charge in [0, 0.05) is 9.26 Å². The molecule has 1 N–H and O–H groups in total. The minimum atomic E-state index is 0.0344. The Morgan fingerprint density at radius 1 is 1.06 bits per heavy atom. The molecule has 3 heteroatoms. The summed E-state index contributed by atoms with van der Waals surface area (Å²) in [6.45, 7) is 0. The molecule has 0 spiro atoms. The molecule has 0 aliphatic carbocycles. The van der Waals surface area contributed by atoms with Gasteiger partial charge >= 0.3 is 0 Å². The molecule has 2 aromatic carbocycles. The molecule has 0 radical (unpaired) electrons. The molecule has 0 bridgehead atoms. The van der Waals surface area contributed by atoms with Crippen molar-refractivity contribution in [2.45, 2.75) is 12.5 Å². The highest BCUT2D eigenvalue weighted by molar-refractivity contribution is 14.1. The minimum absolute atomic E-state index is 0.0344. The number of nitriles is 1. The average molecular weight is 348 g/mol. The number of para-hydroxylation sites is 1. The third-order valence-electron chi connectivity index (χ3n) is 2.70. The van der Waals surface area contributed by atoms with Crippen LogP contribution in [-0.2, 0) is 0 Å². The van der Waals surface area contributed by atoms with Gasteiger partial charge in [0.1, 0.15) is 0 Å². The lowest BCUT2D eigenvalue weighted by atomic mass is 10.0. The summed E-state index contributed by atoms with van der Waals surface area (Å²) in [6, 6.07) is 20.4. The maximum Gasteiger partial charge on any atom is 0.0647 e. The average Bonchev–Trinajstić information content (AvgIpc) is 2.42.